The van der Waals surface area contributed by atoms with Crippen LogP contribution in [0.2, 0.25) is 0 Å². The molecule has 1 aromatic carbocycles. The van der Waals surface area contributed by atoms with E-state index in [-0.39, 0.29) is 5.56 Å². The average Bonchev–Trinajstić information content (AvgIpc) is 2.38. The van der Waals surface area contributed by atoms with Crippen molar-refractivity contribution in [2.24, 2.45) is 0 Å². The molecule has 0 spiro atoms. The number of hydrogen-bond donors (Lipinski definition) is 1. The van der Waals surface area contributed by atoms with E-state index in [1.165, 1.54) is 12.1 Å². The van der Waals surface area contributed by atoms with E-state index in [0.29, 0.717) is 16.5 Å². The van der Waals surface area contributed by atoms with Crippen molar-refractivity contribution < 1.29 is 14.3 Å². The van der Waals surface area contributed by atoms with Crippen molar-refractivity contribution in [2.45, 2.75) is 45.4 Å². The van der Waals surface area contributed by atoms with Crippen LogP contribution in [0.3, 0.4) is 0 Å². The van der Waals surface area contributed by atoms with Crippen LogP contribution in [-0.2, 0) is 12.8 Å². The first-order valence-electron chi connectivity index (χ1n) is 7.43. The van der Waals surface area contributed by atoms with Gasteiger partial charge in [0.2, 0.25) is 0 Å². The van der Waals surface area contributed by atoms with Crippen molar-refractivity contribution in [3.8, 4) is 0 Å². The summed E-state index contributed by atoms with van der Waals surface area (Å²) in [6.45, 7) is 1.78. The molecule has 0 atom stereocenters. The molecule has 0 aliphatic heterocycles. The molecule has 1 heterocycles. The highest BCUT2D eigenvalue weighted by molar-refractivity contribution is 6.04. The third kappa shape index (κ3) is 2.50. The van der Waals surface area contributed by atoms with E-state index in [1.54, 1.807) is 6.92 Å². The number of benzene rings is 1. The zero-order chi connectivity index (χ0) is 15.0. The fraction of sp³-hybridized carbons (Fsp3) is 0.412. The smallest absolute Gasteiger partial charge is 0.336 e. The third-order valence-corrected chi connectivity index (χ3v) is 4.24. The SMILES string of the molecule is Cc1cc(F)cc2c(C(=O)O)c3c(nc12)CCCCCC3. The maximum absolute atomic E-state index is 13.7. The van der Waals surface area contributed by atoms with Crippen molar-refractivity contribution in [1.29, 1.82) is 0 Å². The molecule has 0 amide bonds. The average molecular weight is 287 g/mol. The predicted molar refractivity (Wildman–Crippen MR) is 79.3 cm³/mol. The van der Waals surface area contributed by atoms with Gasteiger partial charge in [0, 0.05) is 11.1 Å². The van der Waals surface area contributed by atoms with Gasteiger partial charge in [0.1, 0.15) is 5.82 Å². The number of halogens is 1. The molecule has 2 aromatic rings. The number of hydrogen-bond acceptors (Lipinski definition) is 2. The Balaban J connectivity index is 2.37. The molecule has 4 heteroatoms. The largest absolute Gasteiger partial charge is 0.478 e. The highest BCUT2D eigenvalue weighted by Gasteiger charge is 2.22. The van der Waals surface area contributed by atoms with Crippen molar-refractivity contribution in [2.75, 3.05) is 0 Å². The van der Waals surface area contributed by atoms with Gasteiger partial charge in [-0.1, -0.05) is 12.8 Å². The lowest BCUT2D eigenvalue weighted by atomic mass is 9.90. The molecule has 21 heavy (non-hydrogen) atoms. The van der Waals surface area contributed by atoms with Crippen LogP contribution in [0.1, 0.15) is 52.9 Å². The van der Waals surface area contributed by atoms with Crippen molar-refractivity contribution >= 4 is 16.9 Å². The van der Waals surface area contributed by atoms with E-state index in [9.17, 15) is 14.3 Å². The summed E-state index contributed by atoms with van der Waals surface area (Å²) < 4.78 is 13.7. The van der Waals surface area contributed by atoms with Crippen molar-refractivity contribution in [1.82, 2.24) is 4.98 Å². The van der Waals surface area contributed by atoms with Crippen molar-refractivity contribution in [3.63, 3.8) is 0 Å². The Kier molecular flexibility index (Phi) is 3.62. The first-order valence-corrected chi connectivity index (χ1v) is 7.43. The normalized spacial score (nSPS) is 15.3. The monoisotopic (exact) mass is 287 g/mol. The molecule has 0 fully saturated rings. The Morgan fingerprint density at radius 2 is 1.90 bits per heavy atom. The Morgan fingerprint density at radius 1 is 1.19 bits per heavy atom. The minimum Gasteiger partial charge on any atom is -0.478 e. The summed E-state index contributed by atoms with van der Waals surface area (Å²) >= 11 is 0. The van der Waals surface area contributed by atoms with Gasteiger partial charge >= 0.3 is 5.97 Å². The summed E-state index contributed by atoms with van der Waals surface area (Å²) in [4.78, 5) is 16.4. The molecule has 3 rings (SSSR count). The fourth-order valence-electron chi connectivity index (χ4n) is 3.25. The van der Waals surface area contributed by atoms with E-state index in [2.05, 4.69) is 4.98 Å². The molecule has 0 unspecified atom stereocenters. The number of carboxylic acid groups (broad SMARTS) is 1. The van der Waals surface area contributed by atoms with Gasteiger partial charge in [0.05, 0.1) is 11.1 Å². The van der Waals surface area contributed by atoms with Crippen LogP contribution in [0.4, 0.5) is 4.39 Å². The number of nitrogens with zero attached hydrogens (tertiary/aromatic N) is 1. The zero-order valence-electron chi connectivity index (χ0n) is 12.1. The molecular formula is C17H18FNO2. The summed E-state index contributed by atoms with van der Waals surface area (Å²) in [5, 5.41) is 10.1. The lowest BCUT2D eigenvalue weighted by molar-refractivity contribution is 0.0697. The molecule has 1 aliphatic rings. The van der Waals surface area contributed by atoms with Crippen LogP contribution < -0.4 is 0 Å². The van der Waals surface area contributed by atoms with Gasteiger partial charge < -0.3 is 5.11 Å². The number of rotatable bonds is 1. The van der Waals surface area contributed by atoms with E-state index in [1.807, 2.05) is 0 Å². The molecule has 0 bridgehead atoms. The molecule has 0 radical (unpaired) electrons. The minimum absolute atomic E-state index is 0.250. The summed E-state index contributed by atoms with van der Waals surface area (Å²) in [6.07, 6.45) is 5.79. The molecule has 0 saturated carbocycles. The van der Waals surface area contributed by atoms with E-state index in [0.717, 1.165) is 49.8 Å². The second-order valence-electron chi connectivity index (χ2n) is 5.75. The van der Waals surface area contributed by atoms with E-state index >= 15 is 0 Å². The number of aromatic nitrogens is 1. The highest BCUT2D eigenvalue weighted by atomic mass is 19.1. The topological polar surface area (TPSA) is 50.2 Å². The summed E-state index contributed by atoms with van der Waals surface area (Å²) in [5.74, 6) is -1.39. The number of aryl methyl sites for hydroxylation is 2. The number of pyridine rings is 1. The second kappa shape index (κ2) is 5.43. The maximum Gasteiger partial charge on any atom is 0.336 e. The van der Waals surface area contributed by atoms with Crippen molar-refractivity contribution in [3.05, 3.63) is 40.3 Å². The Bertz CT molecular complexity index is 725. The van der Waals surface area contributed by atoms with Gasteiger partial charge in [-0.25, -0.2) is 9.18 Å². The van der Waals surface area contributed by atoms with Crippen LogP contribution >= 0.6 is 0 Å². The lowest BCUT2D eigenvalue weighted by Gasteiger charge is -2.18. The highest BCUT2D eigenvalue weighted by Crippen LogP contribution is 2.30. The van der Waals surface area contributed by atoms with Gasteiger partial charge in [0.15, 0.2) is 0 Å². The third-order valence-electron chi connectivity index (χ3n) is 4.24. The van der Waals surface area contributed by atoms with Gasteiger partial charge in [-0.3, -0.25) is 4.98 Å². The number of carboxylic acids is 1. The Morgan fingerprint density at radius 3 is 2.62 bits per heavy atom. The molecule has 1 aromatic heterocycles. The Labute approximate surface area is 122 Å². The molecule has 0 saturated heterocycles. The number of aromatic carboxylic acids is 1. The van der Waals surface area contributed by atoms with Crippen LogP contribution in [0, 0.1) is 12.7 Å². The number of carbonyl (C=O) groups is 1. The maximum atomic E-state index is 13.7. The van der Waals surface area contributed by atoms with Crippen LogP contribution in [0.25, 0.3) is 10.9 Å². The predicted octanol–water partition coefficient (Wildman–Crippen LogP) is 4.04. The van der Waals surface area contributed by atoms with Gasteiger partial charge in [0.25, 0.3) is 0 Å². The molecule has 1 aliphatic carbocycles. The first-order chi connectivity index (χ1) is 10.1. The first kappa shape index (κ1) is 14.0. The second-order valence-corrected chi connectivity index (χ2v) is 5.75. The van der Waals surface area contributed by atoms with Gasteiger partial charge in [-0.2, -0.15) is 0 Å². The quantitative estimate of drug-likeness (QED) is 0.861. The molecule has 3 nitrogen and oxygen atoms in total. The minimum atomic E-state index is -0.982. The van der Waals surface area contributed by atoms with Gasteiger partial charge in [-0.15, -0.1) is 0 Å². The molecule has 110 valence electrons. The standard InChI is InChI=1S/C17H18FNO2/c1-10-8-11(18)9-13-15(17(20)21)12-6-4-2-3-5-7-14(12)19-16(10)13/h8-9H,2-7H2,1H3,(H,20,21). The van der Waals surface area contributed by atoms with Crippen LogP contribution in [-0.4, -0.2) is 16.1 Å². The fourth-order valence-corrected chi connectivity index (χ4v) is 3.25. The zero-order valence-corrected chi connectivity index (χ0v) is 12.1. The summed E-state index contributed by atoms with van der Waals surface area (Å²) in [7, 11) is 0. The number of fused-ring (bicyclic) bond motifs is 2. The van der Waals surface area contributed by atoms with Crippen LogP contribution in [0.15, 0.2) is 12.1 Å². The summed E-state index contributed by atoms with van der Waals surface area (Å²) in [5.41, 5.74) is 3.25. The lowest BCUT2D eigenvalue weighted by Crippen LogP contribution is -2.12. The molecular weight excluding hydrogens is 269 g/mol. The van der Waals surface area contributed by atoms with Gasteiger partial charge in [-0.05, 0) is 55.9 Å². The summed E-state index contributed by atoms with van der Waals surface area (Å²) in [6, 6.07) is 2.72. The molecule has 1 N–H and O–H groups in total. The Hall–Kier alpha value is -1.97. The van der Waals surface area contributed by atoms with E-state index < -0.39 is 11.8 Å². The van der Waals surface area contributed by atoms with Crippen LogP contribution in [0.5, 0.6) is 0 Å². The van der Waals surface area contributed by atoms with E-state index in [4.69, 9.17) is 0 Å².